The summed E-state index contributed by atoms with van der Waals surface area (Å²) in [6, 6.07) is 5.20. The number of amides is 3. The Hall–Kier alpha value is -2.57. The number of benzene rings is 1. The number of carbonyl (C=O) groups is 3. The molecule has 4 fully saturated rings. The number of rotatable bonds is 5. The highest BCUT2D eigenvalue weighted by molar-refractivity contribution is 5.98. The Bertz CT molecular complexity index is 852. The van der Waals surface area contributed by atoms with E-state index < -0.39 is 5.41 Å². The zero-order valence-corrected chi connectivity index (χ0v) is 17.3. The number of anilines is 2. The average Bonchev–Trinajstić information content (AvgIpc) is 2.59. The third kappa shape index (κ3) is 3.70. The van der Waals surface area contributed by atoms with Crippen LogP contribution in [0.1, 0.15) is 52.4 Å². The van der Waals surface area contributed by atoms with Gasteiger partial charge in [-0.15, -0.1) is 0 Å². The van der Waals surface area contributed by atoms with Crippen LogP contribution in [0.25, 0.3) is 0 Å². The molecule has 29 heavy (non-hydrogen) atoms. The number of methoxy groups -OCH3 is 1. The van der Waals surface area contributed by atoms with E-state index >= 15 is 0 Å². The van der Waals surface area contributed by atoms with Gasteiger partial charge in [0.15, 0.2) is 0 Å². The summed E-state index contributed by atoms with van der Waals surface area (Å²) in [6.45, 7) is 3.00. The van der Waals surface area contributed by atoms with Gasteiger partial charge in [0.2, 0.25) is 17.7 Å². The van der Waals surface area contributed by atoms with Gasteiger partial charge in [0.05, 0.1) is 18.2 Å². The van der Waals surface area contributed by atoms with Crippen molar-refractivity contribution >= 4 is 29.1 Å². The molecule has 2 atom stereocenters. The fourth-order valence-electron chi connectivity index (χ4n) is 6.39. The molecule has 156 valence electrons. The topological polar surface area (TPSA) is 96.5 Å². The fraction of sp³-hybridized carbons (Fsp3) is 0.591. The third-order valence-corrected chi connectivity index (χ3v) is 6.75. The van der Waals surface area contributed by atoms with E-state index in [0.29, 0.717) is 35.4 Å². The lowest BCUT2D eigenvalue weighted by Crippen LogP contribution is -2.65. The second-order valence-corrected chi connectivity index (χ2v) is 9.25. The average molecular weight is 399 g/mol. The Balaban J connectivity index is 1.60. The molecular weight excluding hydrogens is 370 g/mol. The number of hydrogen-bond donors (Lipinski definition) is 3. The van der Waals surface area contributed by atoms with E-state index in [1.54, 1.807) is 32.2 Å². The van der Waals surface area contributed by atoms with Crippen molar-refractivity contribution < 1.29 is 19.1 Å². The maximum atomic E-state index is 13.5. The minimum atomic E-state index is -0.471. The third-order valence-electron chi connectivity index (χ3n) is 6.75. The van der Waals surface area contributed by atoms with Crippen LogP contribution in [0, 0.1) is 17.3 Å². The highest BCUT2D eigenvalue weighted by Crippen LogP contribution is 2.62. The molecule has 4 aliphatic carbocycles. The molecule has 4 saturated carbocycles. The Kier molecular flexibility index (Phi) is 4.79. The summed E-state index contributed by atoms with van der Waals surface area (Å²) in [5.74, 6) is 1.29. The van der Waals surface area contributed by atoms with Gasteiger partial charge in [-0.25, -0.2) is 0 Å². The molecule has 1 aromatic carbocycles. The molecule has 0 unspecified atom stereocenters. The standard InChI is InChI=1S/C22H29N3O4/c1-13(26)23-17-4-5-19(29-3)18(7-17)24-20(28)21-8-15-6-16(9-21)11-22(10-15,12-21)25-14(2)27/h4-5,7,15-16H,6,8-12H2,1-3H3,(H,23,26)(H,24,28)(H,25,27)/t15-,16-,21?,22?/m0/s1. The first-order valence-corrected chi connectivity index (χ1v) is 10.3. The molecule has 3 amide bonds. The molecule has 0 spiro atoms. The van der Waals surface area contributed by atoms with E-state index in [0.717, 1.165) is 32.1 Å². The maximum absolute atomic E-state index is 13.5. The second-order valence-electron chi connectivity index (χ2n) is 9.25. The Labute approximate surface area is 171 Å². The van der Waals surface area contributed by atoms with Crippen LogP contribution in [0.4, 0.5) is 11.4 Å². The Morgan fingerprint density at radius 2 is 1.69 bits per heavy atom. The first-order chi connectivity index (χ1) is 13.7. The highest BCUT2D eigenvalue weighted by atomic mass is 16.5. The van der Waals surface area contributed by atoms with Crippen molar-refractivity contribution in [3.05, 3.63) is 18.2 Å². The quantitative estimate of drug-likeness (QED) is 0.709. The number of nitrogens with one attached hydrogen (secondary N) is 3. The van der Waals surface area contributed by atoms with Gasteiger partial charge >= 0.3 is 0 Å². The molecule has 0 heterocycles. The zero-order valence-electron chi connectivity index (χ0n) is 17.3. The van der Waals surface area contributed by atoms with Crippen molar-refractivity contribution in [2.24, 2.45) is 17.3 Å². The van der Waals surface area contributed by atoms with Crippen LogP contribution in [-0.2, 0) is 14.4 Å². The van der Waals surface area contributed by atoms with Gasteiger partial charge in [-0.2, -0.15) is 0 Å². The molecule has 3 N–H and O–H groups in total. The maximum Gasteiger partial charge on any atom is 0.230 e. The van der Waals surface area contributed by atoms with Crippen LogP contribution in [-0.4, -0.2) is 30.4 Å². The SMILES string of the molecule is COc1ccc(NC(C)=O)cc1NC(=O)C12C[C@@H]3C[C@H](CC(NC(C)=O)(C3)C1)C2. The molecule has 5 rings (SSSR count). The molecule has 4 bridgehead atoms. The van der Waals surface area contributed by atoms with Crippen LogP contribution < -0.4 is 20.7 Å². The van der Waals surface area contributed by atoms with E-state index in [2.05, 4.69) is 16.0 Å². The largest absolute Gasteiger partial charge is 0.495 e. The van der Waals surface area contributed by atoms with Crippen molar-refractivity contribution in [3.8, 4) is 5.75 Å². The van der Waals surface area contributed by atoms with E-state index in [-0.39, 0.29) is 23.3 Å². The molecule has 0 radical (unpaired) electrons. The van der Waals surface area contributed by atoms with Crippen molar-refractivity contribution in [2.75, 3.05) is 17.7 Å². The van der Waals surface area contributed by atoms with Crippen LogP contribution in [0.3, 0.4) is 0 Å². The summed E-state index contributed by atoms with van der Waals surface area (Å²) >= 11 is 0. The molecule has 7 nitrogen and oxygen atoms in total. The molecule has 0 aromatic heterocycles. The minimum Gasteiger partial charge on any atom is -0.495 e. The molecule has 4 aliphatic rings. The van der Waals surface area contributed by atoms with Crippen molar-refractivity contribution in [2.45, 2.75) is 57.9 Å². The lowest BCUT2D eigenvalue weighted by Gasteiger charge is -2.61. The van der Waals surface area contributed by atoms with E-state index in [4.69, 9.17) is 4.74 Å². The Morgan fingerprint density at radius 1 is 1.00 bits per heavy atom. The second kappa shape index (κ2) is 7.04. The fourth-order valence-corrected chi connectivity index (χ4v) is 6.39. The molecule has 0 saturated heterocycles. The van der Waals surface area contributed by atoms with E-state index in [9.17, 15) is 14.4 Å². The predicted molar refractivity (Wildman–Crippen MR) is 110 cm³/mol. The van der Waals surface area contributed by atoms with Gasteiger partial charge in [-0.05, 0) is 68.6 Å². The number of carbonyl (C=O) groups excluding carboxylic acids is 3. The first kappa shape index (κ1) is 19.7. The minimum absolute atomic E-state index is 0.0143. The predicted octanol–water partition coefficient (Wildman–Crippen LogP) is 3.07. The Morgan fingerprint density at radius 3 is 2.28 bits per heavy atom. The summed E-state index contributed by atoms with van der Waals surface area (Å²) in [5, 5.41) is 9.01. The molecule has 1 aromatic rings. The van der Waals surface area contributed by atoms with Crippen molar-refractivity contribution in [1.82, 2.24) is 5.32 Å². The monoisotopic (exact) mass is 399 g/mol. The van der Waals surface area contributed by atoms with Gasteiger partial charge in [-0.1, -0.05) is 0 Å². The summed E-state index contributed by atoms with van der Waals surface area (Å²) in [4.78, 5) is 36.8. The van der Waals surface area contributed by atoms with Crippen LogP contribution >= 0.6 is 0 Å². The highest BCUT2D eigenvalue weighted by Gasteiger charge is 2.60. The summed E-state index contributed by atoms with van der Waals surface area (Å²) < 4.78 is 5.41. The normalized spacial score (nSPS) is 31.8. The molecule has 7 heteroatoms. The number of hydrogen-bond acceptors (Lipinski definition) is 4. The van der Waals surface area contributed by atoms with Crippen molar-refractivity contribution in [1.29, 1.82) is 0 Å². The summed E-state index contributed by atoms with van der Waals surface area (Å²) in [7, 11) is 1.56. The zero-order chi connectivity index (χ0) is 20.8. The summed E-state index contributed by atoms with van der Waals surface area (Å²) in [6.07, 6.45) is 5.51. The van der Waals surface area contributed by atoms with Crippen LogP contribution in [0.2, 0.25) is 0 Å². The van der Waals surface area contributed by atoms with Crippen molar-refractivity contribution in [3.63, 3.8) is 0 Å². The van der Waals surface area contributed by atoms with Gasteiger partial charge in [0.1, 0.15) is 5.75 Å². The van der Waals surface area contributed by atoms with Gasteiger partial charge in [-0.3, -0.25) is 14.4 Å². The van der Waals surface area contributed by atoms with Gasteiger partial charge in [0, 0.05) is 25.1 Å². The smallest absolute Gasteiger partial charge is 0.230 e. The molecule has 0 aliphatic heterocycles. The van der Waals surface area contributed by atoms with Crippen LogP contribution in [0.5, 0.6) is 5.75 Å². The van der Waals surface area contributed by atoms with Gasteiger partial charge < -0.3 is 20.7 Å². The van der Waals surface area contributed by atoms with E-state index in [1.807, 2.05) is 0 Å². The first-order valence-electron chi connectivity index (χ1n) is 10.3. The lowest BCUT2D eigenvalue weighted by molar-refractivity contribution is -0.148. The molecular formula is C22H29N3O4. The van der Waals surface area contributed by atoms with Crippen LogP contribution in [0.15, 0.2) is 18.2 Å². The lowest BCUT2D eigenvalue weighted by atomic mass is 9.46. The number of ether oxygens (including phenoxy) is 1. The van der Waals surface area contributed by atoms with E-state index in [1.165, 1.54) is 6.92 Å². The summed E-state index contributed by atoms with van der Waals surface area (Å²) in [5.41, 5.74) is 0.429. The van der Waals surface area contributed by atoms with Gasteiger partial charge in [0.25, 0.3) is 0 Å².